The predicted octanol–water partition coefficient (Wildman–Crippen LogP) is 2.61. The van der Waals surface area contributed by atoms with Crippen LogP contribution in [0, 0.1) is 11.7 Å². The lowest BCUT2D eigenvalue weighted by molar-refractivity contribution is 0.0863. The Morgan fingerprint density at radius 2 is 2.05 bits per heavy atom. The third kappa shape index (κ3) is 4.27. The van der Waals surface area contributed by atoms with Crippen LogP contribution in [0.3, 0.4) is 0 Å². The maximum atomic E-state index is 13.6. The highest BCUT2D eigenvalue weighted by atomic mass is 19.1. The Labute approximate surface area is 120 Å². The van der Waals surface area contributed by atoms with Gasteiger partial charge in [0, 0.05) is 25.8 Å². The van der Waals surface area contributed by atoms with Crippen molar-refractivity contribution in [1.82, 2.24) is 4.90 Å². The van der Waals surface area contributed by atoms with Gasteiger partial charge in [-0.25, -0.2) is 4.39 Å². The molecule has 1 aliphatic rings. The monoisotopic (exact) mass is 281 g/mol. The first kappa shape index (κ1) is 15.4. The van der Waals surface area contributed by atoms with Gasteiger partial charge < -0.3 is 14.7 Å². The van der Waals surface area contributed by atoms with Crippen molar-refractivity contribution in [2.45, 2.75) is 25.4 Å². The second-order valence-corrected chi connectivity index (χ2v) is 5.57. The largest absolute Gasteiger partial charge is 0.388 e. The summed E-state index contributed by atoms with van der Waals surface area (Å²) in [5, 5.41) is 10.1. The molecular weight excluding hydrogens is 257 g/mol. The van der Waals surface area contributed by atoms with Gasteiger partial charge in [-0.2, -0.15) is 0 Å². The number of aliphatic hydroxyl groups is 1. The summed E-state index contributed by atoms with van der Waals surface area (Å²) >= 11 is 0. The lowest BCUT2D eigenvalue weighted by atomic mass is 9.97. The van der Waals surface area contributed by atoms with E-state index < -0.39 is 6.10 Å². The predicted molar refractivity (Wildman–Crippen MR) is 77.0 cm³/mol. The molecule has 1 saturated heterocycles. The number of benzene rings is 1. The molecule has 20 heavy (non-hydrogen) atoms. The molecule has 2 rings (SSSR count). The fourth-order valence-electron chi connectivity index (χ4n) is 2.82. The zero-order valence-electron chi connectivity index (χ0n) is 12.1. The first-order chi connectivity index (χ1) is 9.70. The second-order valence-electron chi connectivity index (χ2n) is 5.57. The summed E-state index contributed by atoms with van der Waals surface area (Å²) in [7, 11) is 1.75. The maximum absolute atomic E-state index is 13.6. The Morgan fingerprint density at radius 1 is 1.35 bits per heavy atom. The SMILES string of the molecule is COCC1CCN(CCC(O)c2ccccc2F)CC1. The van der Waals surface area contributed by atoms with Crippen LogP contribution < -0.4 is 0 Å². The summed E-state index contributed by atoms with van der Waals surface area (Å²) in [6.07, 6.45) is 2.15. The standard InChI is InChI=1S/C16H24FNO2/c1-20-12-13-6-9-18(10-7-13)11-8-16(19)14-4-2-3-5-15(14)17/h2-5,13,16,19H,6-12H2,1H3. The smallest absolute Gasteiger partial charge is 0.128 e. The van der Waals surface area contributed by atoms with Crippen LogP contribution in [0.2, 0.25) is 0 Å². The number of halogens is 1. The van der Waals surface area contributed by atoms with Crippen molar-refractivity contribution < 1.29 is 14.2 Å². The van der Waals surface area contributed by atoms with Gasteiger partial charge in [-0.1, -0.05) is 18.2 Å². The number of piperidine rings is 1. The molecule has 1 aliphatic heterocycles. The summed E-state index contributed by atoms with van der Waals surface area (Å²) in [6, 6.07) is 6.46. The maximum Gasteiger partial charge on any atom is 0.128 e. The van der Waals surface area contributed by atoms with E-state index in [2.05, 4.69) is 4.90 Å². The van der Waals surface area contributed by atoms with Gasteiger partial charge in [0.15, 0.2) is 0 Å². The first-order valence-electron chi connectivity index (χ1n) is 7.34. The summed E-state index contributed by atoms with van der Waals surface area (Å²) in [4.78, 5) is 2.34. The van der Waals surface area contributed by atoms with Crippen LogP contribution in [0.4, 0.5) is 4.39 Å². The van der Waals surface area contributed by atoms with E-state index in [4.69, 9.17) is 4.74 Å². The molecule has 0 aliphatic carbocycles. The molecule has 0 bridgehead atoms. The summed E-state index contributed by atoms with van der Waals surface area (Å²) in [6.45, 7) is 3.73. The Balaban J connectivity index is 1.75. The molecule has 1 heterocycles. The number of hydrogen-bond acceptors (Lipinski definition) is 3. The van der Waals surface area contributed by atoms with E-state index in [1.54, 1.807) is 25.3 Å². The number of methoxy groups -OCH3 is 1. The van der Waals surface area contributed by atoms with E-state index >= 15 is 0 Å². The molecule has 1 fully saturated rings. The highest BCUT2D eigenvalue weighted by Crippen LogP contribution is 2.22. The van der Waals surface area contributed by atoms with E-state index in [0.717, 1.165) is 39.1 Å². The van der Waals surface area contributed by atoms with E-state index in [1.165, 1.54) is 6.07 Å². The quantitative estimate of drug-likeness (QED) is 0.870. The van der Waals surface area contributed by atoms with Crippen LogP contribution in [0.25, 0.3) is 0 Å². The molecule has 112 valence electrons. The number of rotatable bonds is 6. The minimum atomic E-state index is -0.715. The van der Waals surface area contributed by atoms with Crippen molar-refractivity contribution in [2.24, 2.45) is 5.92 Å². The molecule has 0 amide bonds. The van der Waals surface area contributed by atoms with Gasteiger partial charge in [0.2, 0.25) is 0 Å². The van der Waals surface area contributed by atoms with Gasteiger partial charge in [-0.05, 0) is 44.3 Å². The lowest BCUT2D eigenvalue weighted by Gasteiger charge is -2.32. The molecule has 1 aromatic carbocycles. The van der Waals surface area contributed by atoms with Gasteiger partial charge >= 0.3 is 0 Å². The van der Waals surface area contributed by atoms with Gasteiger partial charge in [0.05, 0.1) is 6.10 Å². The number of aliphatic hydroxyl groups excluding tert-OH is 1. The van der Waals surface area contributed by atoms with E-state index in [0.29, 0.717) is 17.9 Å². The zero-order chi connectivity index (χ0) is 14.4. The third-order valence-electron chi connectivity index (χ3n) is 4.09. The minimum Gasteiger partial charge on any atom is -0.388 e. The van der Waals surface area contributed by atoms with Gasteiger partial charge in [-0.3, -0.25) is 0 Å². The average molecular weight is 281 g/mol. The molecule has 0 radical (unpaired) electrons. The molecule has 1 unspecified atom stereocenters. The molecule has 3 nitrogen and oxygen atoms in total. The fourth-order valence-corrected chi connectivity index (χ4v) is 2.82. The highest BCUT2D eigenvalue weighted by molar-refractivity contribution is 5.19. The number of nitrogens with zero attached hydrogens (tertiary/aromatic N) is 1. The summed E-state index contributed by atoms with van der Waals surface area (Å²) in [5.74, 6) is 0.339. The lowest BCUT2D eigenvalue weighted by Crippen LogP contribution is -2.36. The van der Waals surface area contributed by atoms with Crippen LogP contribution in [0.5, 0.6) is 0 Å². The molecule has 4 heteroatoms. The summed E-state index contributed by atoms with van der Waals surface area (Å²) in [5.41, 5.74) is 0.404. The molecule has 1 aromatic rings. The fraction of sp³-hybridized carbons (Fsp3) is 0.625. The van der Waals surface area contributed by atoms with Crippen LogP contribution in [-0.4, -0.2) is 43.4 Å². The molecule has 1 N–H and O–H groups in total. The van der Waals surface area contributed by atoms with E-state index in [9.17, 15) is 9.50 Å². The van der Waals surface area contributed by atoms with E-state index in [-0.39, 0.29) is 5.82 Å². The Bertz CT molecular complexity index is 405. The van der Waals surface area contributed by atoms with Crippen molar-refractivity contribution in [3.8, 4) is 0 Å². The second kappa shape index (κ2) is 7.72. The van der Waals surface area contributed by atoms with Gasteiger partial charge in [0.25, 0.3) is 0 Å². The molecular formula is C16H24FNO2. The van der Waals surface area contributed by atoms with Crippen LogP contribution >= 0.6 is 0 Å². The van der Waals surface area contributed by atoms with Crippen LogP contribution in [0.15, 0.2) is 24.3 Å². The molecule has 0 spiro atoms. The highest BCUT2D eigenvalue weighted by Gasteiger charge is 2.20. The van der Waals surface area contributed by atoms with E-state index in [1.807, 2.05) is 0 Å². The number of hydrogen-bond donors (Lipinski definition) is 1. The van der Waals surface area contributed by atoms with Crippen LogP contribution in [-0.2, 0) is 4.74 Å². The van der Waals surface area contributed by atoms with Crippen LogP contribution in [0.1, 0.15) is 30.9 Å². The average Bonchev–Trinajstić information content (AvgIpc) is 2.47. The Kier molecular flexibility index (Phi) is 5.95. The van der Waals surface area contributed by atoms with Crippen molar-refractivity contribution in [3.05, 3.63) is 35.6 Å². The topological polar surface area (TPSA) is 32.7 Å². The number of ether oxygens (including phenoxy) is 1. The third-order valence-corrected chi connectivity index (χ3v) is 4.09. The summed E-state index contributed by atoms with van der Waals surface area (Å²) < 4.78 is 18.7. The molecule has 0 aromatic heterocycles. The van der Waals surface area contributed by atoms with Gasteiger partial charge in [-0.15, -0.1) is 0 Å². The Morgan fingerprint density at radius 3 is 2.70 bits per heavy atom. The zero-order valence-corrected chi connectivity index (χ0v) is 12.1. The van der Waals surface area contributed by atoms with Crippen molar-refractivity contribution >= 4 is 0 Å². The molecule has 1 atom stereocenters. The first-order valence-corrected chi connectivity index (χ1v) is 7.34. The minimum absolute atomic E-state index is 0.321. The molecule has 0 saturated carbocycles. The van der Waals surface area contributed by atoms with Crippen molar-refractivity contribution in [2.75, 3.05) is 33.4 Å². The normalized spacial score (nSPS) is 19.1. The Hall–Kier alpha value is -0.970. The van der Waals surface area contributed by atoms with Crippen molar-refractivity contribution in [3.63, 3.8) is 0 Å². The van der Waals surface area contributed by atoms with Crippen molar-refractivity contribution in [1.29, 1.82) is 0 Å². The van der Waals surface area contributed by atoms with Gasteiger partial charge in [0.1, 0.15) is 5.82 Å². The number of likely N-dealkylation sites (tertiary alicyclic amines) is 1.